The Morgan fingerprint density at radius 1 is 0.286 bits per heavy atom. The van der Waals surface area contributed by atoms with Crippen molar-refractivity contribution in [1.29, 1.82) is 0 Å². The summed E-state index contributed by atoms with van der Waals surface area (Å²) in [6.07, 6.45) is 51.6. The highest BCUT2D eigenvalue weighted by atomic mass is 31.2. The molecular formula is C86H164N4O20P2. The number of ketones is 2. The fraction of sp³-hybridized carbons (Fsp3) is 0.907. The van der Waals surface area contributed by atoms with Crippen LogP contribution in [0.15, 0.2) is 0 Å². The smallest absolute Gasteiger partial charge is 0.462 e. The zero-order valence-corrected chi connectivity index (χ0v) is 73.3. The van der Waals surface area contributed by atoms with Gasteiger partial charge in [-0.1, -0.05) is 298 Å². The summed E-state index contributed by atoms with van der Waals surface area (Å²) in [5.41, 5.74) is 0. The monoisotopic (exact) mass is 1640 g/mol. The van der Waals surface area contributed by atoms with Gasteiger partial charge in [0.15, 0.2) is 0 Å². The number of hydrogen-bond donors (Lipinski definition) is 6. The molecule has 0 radical (unpaired) electrons. The molecule has 0 aliphatic rings. The maximum atomic E-state index is 13.3. The average Bonchev–Trinajstić information content (AvgIpc) is 0.914. The van der Waals surface area contributed by atoms with E-state index in [-0.39, 0.29) is 114 Å². The van der Waals surface area contributed by atoms with Crippen LogP contribution in [0.4, 0.5) is 0 Å². The second-order valence-electron chi connectivity index (χ2n) is 31.0. The van der Waals surface area contributed by atoms with Crippen molar-refractivity contribution in [3.05, 3.63) is 0 Å². The van der Waals surface area contributed by atoms with Gasteiger partial charge in [0.1, 0.15) is 23.8 Å². The van der Waals surface area contributed by atoms with E-state index in [2.05, 4.69) is 62.8 Å². The van der Waals surface area contributed by atoms with E-state index in [0.29, 0.717) is 51.4 Å². The minimum Gasteiger partial charge on any atom is -0.462 e. The zero-order chi connectivity index (χ0) is 82.5. The van der Waals surface area contributed by atoms with Crippen molar-refractivity contribution < 1.29 is 94.3 Å². The van der Waals surface area contributed by atoms with Crippen LogP contribution >= 0.6 is 15.6 Å². The Labute approximate surface area is 679 Å². The molecule has 24 nitrogen and oxygen atoms in total. The number of amides is 4. The fourth-order valence-corrected chi connectivity index (χ4v) is 14.7. The van der Waals surface area contributed by atoms with E-state index in [9.17, 15) is 57.3 Å². The Morgan fingerprint density at radius 3 is 0.830 bits per heavy atom. The average molecular weight is 1640 g/mol. The summed E-state index contributed by atoms with van der Waals surface area (Å²) in [6, 6.07) is -1.95. The molecule has 6 unspecified atom stereocenters. The van der Waals surface area contributed by atoms with E-state index in [1.807, 2.05) is 0 Å². The third-order valence-electron chi connectivity index (χ3n) is 20.0. The summed E-state index contributed by atoms with van der Waals surface area (Å²) >= 11 is 0. The second kappa shape index (κ2) is 78.5. The Balaban J connectivity index is 5.57. The first-order chi connectivity index (χ1) is 54.2. The van der Waals surface area contributed by atoms with E-state index < -0.39 is 77.8 Å². The lowest BCUT2D eigenvalue weighted by atomic mass is 10.0. The third kappa shape index (κ3) is 75.1. The van der Waals surface area contributed by atoms with Crippen molar-refractivity contribution in [1.82, 2.24) is 21.3 Å². The van der Waals surface area contributed by atoms with Crippen LogP contribution in [-0.4, -0.2) is 147 Å². The van der Waals surface area contributed by atoms with Gasteiger partial charge in [-0.25, -0.2) is 9.13 Å². The Kier molecular flexibility index (Phi) is 75.9. The molecule has 26 heteroatoms. The standard InChI is InChI=1S/C86H164N4O20P2/c1-7-13-19-25-29-33-37-43-47-53-77(91)69-83(95)89-75(71-103-65-61-79(55-49-41-23-17-11-5)109-85(97)57-51-45-39-35-31-27-21-15-9-3)73-107-111(99,100)105-67-63-87-81(93)59-60-82(94)88-64-68-106-112(101,102)108-74-76(90-84(96)70-78(92)54-48-44-38-34-30-26-20-14-8-2)72-104-66-62-80(56-50-42-24-18-12-6)110-86(98)58-52-46-40-36-32-28-22-16-10-4/h75-76,79-80H,7-74H2,1-6H3,(H,87,93)(H,88,94)(H,89,95)(H,90,96)(H,99,100)(H,101,102). The van der Waals surface area contributed by atoms with E-state index in [4.69, 9.17) is 37.0 Å². The highest BCUT2D eigenvalue weighted by Crippen LogP contribution is 2.44. The summed E-state index contributed by atoms with van der Waals surface area (Å²) in [4.78, 5) is 125. The van der Waals surface area contributed by atoms with E-state index >= 15 is 0 Å². The number of rotatable bonds is 87. The number of esters is 2. The number of hydrogen-bond acceptors (Lipinski definition) is 18. The van der Waals surface area contributed by atoms with Gasteiger partial charge in [0.05, 0.1) is 77.8 Å². The van der Waals surface area contributed by atoms with Crippen molar-refractivity contribution >= 4 is 62.8 Å². The molecule has 0 aliphatic carbocycles. The Bertz CT molecular complexity index is 2250. The first-order valence-electron chi connectivity index (χ1n) is 45.1. The highest BCUT2D eigenvalue weighted by Gasteiger charge is 2.28. The molecule has 0 saturated heterocycles. The highest BCUT2D eigenvalue weighted by molar-refractivity contribution is 7.47. The SMILES string of the molecule is CCCCCCCCCCCC(=O)CC(=O)NC(COCCC(CCCCCCC)OC(=O)CCCCCCCCCCC)COP(=O)(O)OCCNC(=O)CCC(=O)NCCOP(=O)(O)OCC(COCCC(CCCCCCC)OC(=O)CCCCCCCCCCC)NC(=O)CC(=O)CCCCCCCCCCC. The number of Topliss-reactive ketones (excluding diaryl/α,β-unsaturated/α-hetero) is 2. The maximum Gasteiger partial charge on any atom is 0.472 e. The lowest BCUT2D eigenvalue weighted by Gasteiger charge is -2.22. The quantitative estimate of drug-likeness (QED) is 0.0143. The predicted octanol–water partition coefficient (Wildman–Crippen LogP) is 20.2. The molecule has 112 heavy (non-hydrogen) atoms. The maximum absolute atomic E-state index is 13.3. The first kappa shape index (κ1) is 108. The molecule has 0 saturated carbocycles. The van der Waals surface area contributed by atoms with Crippen LogP contribution in [0.1, 0.15) is 414 Å². The van der Waals surface area contributed by atoms with Gasteiger partial charge in [0.2, 0.25) is 23.6 Å². The molecule has 0 rings (SSSR count). The molecular weight excluding hydrogens is 1470 g/mol. The van der Waals surface area contributed by atoms with Gasteiger partial charge in [0.25, 0.3) is 0 Å². The van der Waals surface area contributed by atoms with Crippen LogP contribution in [0.3, 0.4) is 0 Å². The van der Waals surface area contributed by atoms with Crippen LogP contribution in [0.25, 0.3) is 0 Å². The Morgan fingerprint density at radius 2 is 0.545 bits per heavy atom. The normalized spacial score (nSPS) is 13.7. The first-order valence-corrected chi connectivity index (χ1v) is 48.1. The van der Waals surface area contributed by atoms with Crippen LogP contribution < -0.4 is 21.3 Å². The number of ether oxygens (including phenoxy) is 4. The molecule has 4 amide bonds. The topological polar surface area (TPSA) is 333 Å². The molecule has 6 atom stereocenters. The number of unbranched alkanes of at least 4 members (excludes halogenated alkanes) is 40. The number of carbonyl (C=O) groups excluding carboxylic acids is 8. The summed E-state index contributed by atoms with van der Waals surface area (Å²) < 4.78 is 71.1. The van der Waals surface area contributed by atoms with Crippen LogP contribution in [0, 0.1) is 0 Å². The predicted molar refractivity (Wildman–Crippen MR) is 447 cm³/mol. The van der Waals surface area contributed by atoms with Gasteiger partial charge in [-0.3, -0.25) is 56.5 Å². The fourth-order valence-electron chi connectivity index (χ4n) is 13.2. The van der Waals surface area contributed by atoms with Gasteiger partial charge >= 0.3 is 27.6 Å². The van der Waals surface area contributed by atoms with E-state index in [1.54, 1.807) is 0 Å². The van der Waals surface area contributed by atoms with Crippen LogP contribution in [0.2, 0.25) is 0 Å². The molecule has 0 bridgehead atoms. The minimum absolute atomic E-state index is 0.151. The van der Waals surface area contributed by atoms with Crippen LogP contribution in [-0.2, 0) is 84.5 Å². The van der Waals surface area contributed by atoms with Crippen molar-refractivity contribution in [2.24, 2.45) is 0 Å². The molecule has 0 spiro atoms. The molecule has 0 heterocycles. The third-order valence-corrected chi connectivity index (χ3v) is 22.0. The number of nitrogens with one attached hydrogen (secondary N) is 4. The van der Waals surface area contributed by atoms with Crippen LogP contribution in [0.5, 0.6) is 0 Å². The van der Waals surface area contributed by atoms with Crippen molar-refractivity contribution in [2.45, 2.75) is 438 Å². The number of phosphoric ester groups is 2. The summed E-state index contributed by atoms with van der Waals surface area (Å²) in [5.74, 6) is -3.29. The van der Waals surface area contributed by atoms with Crippen molar-refractivity contribution in [3.8, 4) is 0 Å². The zero-order valence-electron chi connectivity index (χ0n) is 71.5. The van der Waals surface area contributed by atoms with Crippen molar-refractivity contribution in [2.75, 3.05) is 65.9 Å². The molecule has 6 N–H and O–H groups in total. The summed E-state index contributed by atoms with van der Waals surface area (Å²) in [5, 5.41) is 10.5. The van der Waals surface area contributed by atoms with Gasteiger partial charge in [-0.2, -0.15) is 0 Å². The number of phosphoric acid groups is 2. The molecule has 0 aromatic rings. The van der Waals surface area contributed by atoms with E-state index in [0.717, 1.165) is 141 Å². The molecule has 0 aliphatic heterocycles. The largest absolute Gasteiger partial charge is 0.472 e. The minimum atomic E-state index is -4.79. The molecule has 0 aromatic heterocycles. The van der Waals surface area contributed by atoms with Gasteiger partial charge < -0.3 is 50.0 Å². The summed E-state index contributed by atoms with van der Waals surface area (Å²) in [7, 11) is -9.58. The second-order valence-corrected chi connectivity index (χ2v) is 33.9. The van der Waals surface area contributed by atoms with Gasteiger partial charge in [0, 0.05) is 64.5 Å². The lowest BCUT2D eigenvalue weighted by Crippen LogP contribution is -2.42. The van der Waals surface area contributed by atoms with E-state index in [1.165, 1.54) is 141 Å². The van der Waals surface area contributed by atoms with Gasteiger partial charge in [-0.05, 0) is 51.4 Å². The molecule has 0 aromatic carbocycles. The lowest BCUT2D eigenvalue weighted by molar-refractivity contribution is -0.151. The molecule has 0 fully saturated rings. The molecule has 658 valence electrons. The van der Waals surface area contributed by atoms with Gasteiger partial charge in [-0.15, -0.1) is 0 Å². The summed E-state index contributed by atoms with van der Waals surface area (Å²) in [6.45, 7) is 10.6. The number of carbonyl (C=O) groups is 8. The Hall–Kier alpha value is -3.70. The van der Waals surface area contributed by atoms with Crippen molar-refractivity contribution in [3.63, 3.8) is 0 Å².